The molecule has 3 amide bonds. The molecule has 0 spiro atoms. The molecule has 2 aromatic rings. The fraction of sp³-hybridized carbons (Fsp3) is 0.350. The largest absolute Gasteiger partial charge is 0.459 e. The number of benzene rings is 1. The maximum Gasteiger partial charge on any atom is 0.287 e. The zero-order chi connectivity index (χ0) is 19.4. The second-order valence-electron chi connectivity index (χ2n) is 6.73. The van der Waals surface area contributed by atoms with Crippen molar-refractivity contribution < 1.29 is 18.8 Å². The van der Waals surface area contributed by atoms with Crippen molar-refractivity contribution in [2.75, 3.05) is 18.4 Å². The number of nitrogens with zero attached hydrogens (tertiary/aromatic N) is 1. The van der Waals surface area contributed by atoms with Gasteiger partial charge in [-0.05, 0) is 44.0 Å². The van der Waals surface area contributed by atoms with Crippen molar-refractivity contribution in [3.8, 4) is 0 Å². The zero-order valence-electron chi connectivity index (χ0n) is 15.5. The maximum atomic E-state index is 12.7. The summed E-state index contributed by atoms with van der Waals surface area (Å²) in [4.78, 5) is 37.9. The third kappa shape index (κ3) is 4.55. The number of carbonyl (C=O) groups is 3. The molecule has 142 valence electrons. The fourth-order valence-corrected chi connectivity index (χ4v) is 3.20. The highest BCUT2D eigenvalue weighted by Crippen LogP contribution is 2.18. The zero-order valence-corrected chi connectivity index (χ0v) is 15.5. The summed E-state index contributed by atoms with van der Waals surface area (Å²) in [5.74, 6) is -0.134. The Kier molecular flexibility index (Phi) is 5.59. The number of hydrogen-bond donors (Lipinski definition) is 2. The first-order valence-electron chi connectivity index (χ1n) is 8.96. The van der Waals surface area contributed by atoms with Gasteiger partial charge in [0.1, 0.15) is 0 Å². The molecule has 0 unspecified atom stereocenters. The molecule has 3 rings (SSSR count). The van der Waals surface area contributed by atoms with Crippen LogP contribution in [0.2, 0.25) is 0 Å². The second-order valence-corrected chi connectivity index (χ2v) is 6.73. The topological polar surface area (TPSA) is 91.7 Å². The molecule has 2 heterocycles. The van der Waals surface area contributed by atoms with E-state index < -0.39 is 0 Å². The summed E-state index contributed by atoms with van der Waals surface area (Å²) in [7, 11) is 0. The van der Waals surface area contributed by atoms with Gasteiger partial charge in [0.05, 0.1) is 6.26 Å². The molecule has 0 aliphatic carbocycles. The van der Waals surface area contributed by atoms with Crippen molar-refractivity contribution in [3.05, 3.63) is 53.5 Å². The van der Waals surface area contributed by atoms with Crippen molar-refractivity contribution in [2.45, 2.75) is 32.7 Å². The minimum Gasteiger partial charge on any atom is -0.459 e. The molecule has 1 aromatic heterocycles. The van der Waals surface area contributed by atoms with E-state index in [9.17, 15) is 14.4 Å². The highest BCUT2D eigenvalue weighted by molar-refractivity contribution is 5.97. The first-order valence-corrected chi connectivity index (χ1v) is 8.96. The molecule has 2 N–H and O–H groups in total. The number of nitrogens with one attached hydrogen (secondary N) is 2. The van der Waals surface area contributed by atoms with E-state index >= 15 is 0 Å². The molecular formula is C20H23N3O4. The van der Waals surface area contributed by atoms with Gasteiger partial charge in [-0.3, -0.25) is 14.4 Å². The molecule has 0 radical (unpaired) electrons. The number of furan rings is 1. The van der Waals surface area contributed by atoms with Gasteiger partial charge >= 0.3 is 0 Å². The molecule has 1 fully saturated rings. The molecule has 0 saturated carbocycles. The lowest BCUT2D eigenvalue weighted by atomic mass is 10.0. The van der Waals surface area contributed by atoms with Crippen LogP contribution in [0.1, 0.15) is 46.2 Å². The van der Waals surface area contributed by atoms with Crippen LogP contribution in [0.5, 0.6) is 0 Å². The van der Waals surface area contributed by atoms with Crippen LogP contribution in [-0.4, -0.2) is 41.8 Å². The lowest BCUT2D eigenvalue weighted by molar-refractivity contribution is -0.114. The second kappa shape index (κ2) is 8.07. The Morgan fingerprint density at radius 2 is 1.89 bits per heavy atom. The average molecular weight is 369 g/mol. The summed E-state index contributed by atoms with van der Waals surface area (Å²) >= 11 is 0. The van der Waals surface area contributed by atoms with Crippen molar-refractivity contribution in [1.29, 1.82) is 0 Å². The van der Waals surface area contributed by atoms with Gasteiger partial charge in [0, 0.05) is 42.9 Å². The standard InChI is InChI=1S/C20H23N3O4/c1-13-8-11-27-18(13)19(25)22-16-6-9-23(10-7-16)20(26)15-4-3-5-17(12-15)21-14(2)24/h3-5,8,11-12,16H,6-7,9-10H2,1-2H3,(H,21,24)(H,22,25). The fourth-order valence-electron chi connectivity index (χ4n) is 3.20. The monoisotopic (exact) mass is 369 g/mol. The number of anilines is 1. The molecule has 27 heavy (non-hydrogen) atoms. The Hall–Kier alpha value is -3.09. The van der Waals surface area contributed by atoms with E-state index in [0.717, 1.165) is 5.56 Å². The van der Waals surface area contributed by atoms with Gasteiger partial charge in [0.2, 0.25) is 5.91 Å². The van der Waals surface area contributed by atoms with E-state index in [1.807, 2.05) is 6.92 Å². The van der Waals surface area contributed by atoms with Crippen LogP contribution in [0.25, 0.3) is 0 Å². The van der Waals surface area contributed by atoms with Crippen molar-refractivity contribution >= 4 is 23.4 Å². The number of amides is 3. The number of hydrogen-bond acceptors (Lipinski definition) is 4. The first-order chi connectivity index (χ1) is 12.9. The molecule has 7 heteroatoms. The maximum absolute atomic E-state index is 12.7. The van der Waals surface area contributed by atoms with E-state index in [4.69, 9.17) is 4.42 Å². The summed E-state index contributed by atoms with van der Waals surface area (Å²) < 4.78 is 5.22. The molecule has 0 atom stereocenters. The average Bonchev–Trinajstić information content (AvgIpc) is 3.07. The smallest absolute Gasteiger partial charge is 0.287 e. The molecule has 1 aliphatic heterocycles. The van der Waals surface area contributed by atoms with Crippen LogP contribution in [0.4, 0.5) is 5.69 Å². The van der Waals surface area contributed by atoms with Gasteiger partial charge in [0.15, 0.2) is 5.76 Å². The van der Waals surface area contributed by atoms with Gasteiger partial charge in [0.25, 0.3) is 11.8 Å². The van der Waals surface area contributed by atoms with Gasteiger partial charge < -0.3 is 20.0 Å². The van der Waals surface area contributed by atoms with E-state index in [-0.39, 0.29) is 23.8 Å². The third-order valence-corrected chi connectivity index (χ3v) is 4.62. The van der Waals surface area contributed by atoms with Crippen LogP contribution >= 0.6 is 0 Å². The number of rotatable bonds is 4. The van der Waals surface area contributed by atoms with Gasteiger partial charge in [-0.25, -0.2) is 0 Å². The molecule has 0 bridgehead atoms. The van der Waals surface area contributed by atoms with Crippen molar-refractivity contribution in [2.24, 2.45) is 0 Å². The summed E-state index contributed by atoms with van der Waals surface area (Å²) in [5, 5.41) is 5.66. The summed E-state index contributed by atoms with van der Waals surface area (Å²) in [6.07, 6.45) is 2.87. The molecule has 7 nitrogen and oxygen atoms in total. The van der Waals surface area contributed by atoms with Crippen LogP contribution < -0.4 is 10.6 Å². The molecular weight excluding hydrogens is 346 g/mol. The summed E-state index contributed by atoms with van der Waals surface area (Å²) in [5.41, 5.74) is 1.94. The number of piperidine rings is 1. The van der Waals surface area contributed by atoms with Gasteiger partial charge in [-0.1, -0.05) is 6.07 Å². The Morgan fingerprint density at radius 1 is 1.15 bits per heavy atom. The summed E-state index contributed by atoms with van der Waals surface area (Å²) in [6.45, 7) is 4.38. The van der Waals surface area contributed by atoms with Crippen LogP contribution in [-0.2, 0) is 4.79 Å². The van der Waals surface area contributed by atoms with Gasteiger partial charge in [-0.2, -0.15) is 0 Å². The summed E-state index contributed by atoms with van der Waals surface area (Å²) in [6, 6.07) is 8.68. The van der Waals surface area contributed by atoms with Crippen molar-refractivity contribution in [3.63, 3.8) is 0 Å². The van der Waals surface area contributed by atoms with E-state index in [0.29, 0.717) is 42.9 Å². The number of carbonyl (C=O) groups excluding carboxylic acids is 3. The predicted octanol–water partition coefficient (Wildman–Crippen LogP) is 2.58. The molecule has 1 aromatic carbocycles. The van der Waals surface area contributed by atoms with E-state index in [1.54, 1.807) is 35.2 Å². The Morgan fingerprint density at radius 3 is 2.52 bits per heavy atom. The third-order valence-electron chi connectivity index (χ3n) is 4.62. The van der Waals surface area contributed by atoms with Crippen LogP contribution in [0.15, 0.2) is 41.0 Å². The van der Waals surface area contributed by atoms with Crippen LogP contribution in [0, 0.1) is 6.92 Å². The highest BCUT2D eigenvalue weighted by atomic mass is 16.3. The predicted molar refractivity (Wildman–Crippen MR) is 101 cm³/mol. The SMILES string of the molecule is CC(=O)Nc1cccc(C(=O)N2CCC(NC(=O)c3occc3C)CC2)c1. The van der Waals surface area contributed by atoms with Crippen LogP contribution in [0.3, 0.4) is 0 Å². The van der Waals surface area contributed by atoms with Gasteiger partial charge in [-0.15, -0.1) is 0 Å². The lowest BCUT2D eigenvalue weighted by Crippen LogP contribution is -2.46. The highest BCUT2D eigenvalue weighted by Gasteiger charge is 2.26. The first kappa shape index (κ1) is 18.7. The molecule has 1 aliphatic rings. The Labute approximate surface area is 157 Å². The quantitative estimate of drug-likeness (QED) is 0.866. The van der Waals surface area contributed by atoms with E-state index in [2.05, 4.69) is 10.6 Å². The van der Waals surface area contributed by atoms with Crippen molar-refractivity contribution in [1.82, 2.24) is 10.2 Å². The lowest BCUT2D eigenvalue weighted by Gasteiger charge is -2.32. The normalized spacial score (nSPS) is 14.7. The Bertz CT molecular complexity index is 850. The Balaban J connectivity index is 1.56. The van der Waals surface area contributed by atoms with E-state index in [1.165, 1.54) is 13.2 Å². The number of likely N-dealkylation sites (tertiary alicyclic amines) is 1. The minimum atomic E-state index is -0.217. The number of aryl methyl sites for hydroxylation is 1. The minimum absolute atomic E-state index is 0.0109. The molecule has 1 saturated heterocycles.